The van der Waals surface area contributed by atoms with E-state index in [9.17, 15) is 29.4 Å². The van der Waals surface area contributed by atoms with Crippen molar-refractivity contribution in [1.82, 2.24) is 20.2 Å². The molecule has 2 saturated heterocycles. The molecule has 4 aromatic rings. The van der Waals surface area contributed by atoms with Gasteiger partial charge in [-0.1, -0.05) is 83.9 Å². The van der Waals surface area contributed by atoms with Gasteiger partial charge in [-0.2, -0.15) is 0 Å². The summed E-state index contributed by atoms with van der Waals surface area (Å²) in [5.41, 5.74) is 7.89. The molecule has 0 saturated carbocycles. The topological polar surface area (TPSA) is 165 Å². The van der Waals surface area contributed by atoms with Crippen molar-refractivity contribution < 1.29 is 29.4 Å². The lowest BCUT2D eigenvalue weighted by Gasteiger charge is -2.33. The van der Waals surface area contributed by atoms with Crippen LogP contribution in [0.1, 0.15) is 37.8 Å². The first-order valence-corrected chi connectivity index (χ1v) is 18.4. The highest BCUT2D eigenvalue weighted by atomic mass is 35.5. The fraction of sp³-hybridized carbons (Fsp3) is 0.222. The van der Waals surface area contributed by atoms with Crippen molar-refractivity contribution in [2.24, 2.45) is 0 Å². The number of carboxylic acids is 2. The number of hydrazine groups is 2. The monoisotopic (exact) mass is 778 g/mol. The zero-order chi connectivity index (χ0) is 37.2. The van der Waals surface area contributed by atoms with Gasteiger partial charge in [-0.15, -0.1) is 33.7 Å². The molecule has 2 amide bonds. The number of rotatable bonds is 12. The normalized spacial score (nSPS) is 23.3. The minimum absolute atomic E-state index is 0.216. The fourth-order valence-corrected chi connectivity index (χ4v) is 8.82. The molecule has 0 bridgehead atoms. The van der Waals surface area contributed by atoms with Crippen molar-refractivity contribution in [2.45, 2.75) is 46.9 Å². The summed E-state index contributed by atoms with van der Waals surface area (Å²) >= 11 is 14.5. The average molecular weight is 780 g/mol. The van der Waals surface area contributed by atoms with Gasteiger partial charge in [-0.3, -0.25) is 30.0 Å². The largest absolute Gasteiger partial charge is 0.481 e. The van der Waals surface area contributed by atoms with Gasteiger partial charge in [0.1, 0.15) is 9.74 Å². The van der Waals surface area contributed by atoms with Crippen molar-refractivity contribution in [2.75, 3.05) is 10.9 Å². The maximum absolute atomic E-state index is 13.7. The maximum Gasteiger partial charge on any atom is 0.305 e. The lowest BCUT2D eigenvalue weighted by Crippen LogP contribution is -2.46. The number of fused-ring (bicyclic) bond motifs is 1. The number of carboxylic acid groups (broad SMARTS) is 2. The summed E-state index contributed by atoms with van der Waals surface area (Å²) in [4.78, 5) is 48.7. The van der Waals surface area contributed by atoms with Crippen molar-refractivity contribution in [3.05, 3.63) is 106 Å². The molecule has 16 heteroatoms. The van der Waals surface area contributed by atoms with Gasteiger partial charge in [0, 0.05) is 20.8 Å². The quantitative estimate of drug-likeness (QED) is 0.114. The standard InChI is InChI=1S/C36H32Cl2N6O6S2/c1-35(17-15-21-7-11-23(37)12-8-21)43(33(49)27(51-35)19-29(45)46)41-31-25-5-3-4-6-26(25)32(40-39-31)42-44-34(50)28(20-30(47)48)52-36(44,2)18-16-22-9-13-24(38)14-10-22/h3-18,27-28H,19-20H2,1-2H3,(H,39,41)(H,40,42)(H,45,46)(H,47,48)/b17-15+,18-16+. The van der Waals surface area contributed by atoms with E-state index in [-0.39, 0.29) is 24.5 Å². The number of aromatic nitrogens is 2. The molecule has 0 spiro atoms. The predicted octanol–water partition coefficient (Wildman–Crippen LogP) is 7.29. The van der Waals surface area contributed by atoms with Gasteiger partial charge in [0.2, 0.25) is 0 Å². The molecule has 2 aliphatic heterocycles. The van der Waals surface area contributed by atoms with E-state index in [0.29, 0.717) is 20.8 Å². The van der Waals surface area contributed by atoms with E-state index in [1.54, 1.807) is 62.4 Å². The Morgan fingerprint density at radius 1 is 0.712 bits per heavy atom. The molecular formula is C36H32Cl2N6O6S2. The van der Waals surface area contributed by atoms with Gasteiger partial charge in [0.05, 0.1) is 23.3 Å². The number of hydrogen-bond acceptors (Lipinski definition) is 10. The highest BCUT2D eigenvalue weighted by molar-refractivity contribution is 8.02. The summed E-state index contributed by atoms with van der Waals surface area (Å²) in [5, 5.41) is 31.1. The second kappa shape index (κ2) is 15.1. The molecule has 2 aliphatic rings. The summed E-state index contributed by atoms with van der Waals surface area (Å²) in [6, 6.07) is 21.4. The Kier molecular flexibility index (Phi) is 10.7. The zero-order valence-corrected chi connectivity index (χ0v) is 30.8. The summed E-state index contributed by atoms with van der Waals surface area (Å²) in [6.07, 6.45) is 6.51. The van der Waals surface area contributed by atoms with Gasteiger partial charge in [0.25, 0.3) is 11.8 Å². The van der Waals surface area contributed by atoms with Crippen LogP contribution in [-0.2, 0) is 19.2 Å². The first kappa shape index (κ1) is 37.0. The van der Waals surface area contributed by atoms with Crippen LogP contribution in [0.25, 0.3) is 22.9 Å². The Bertz CT molecular complexity index is 1960. The molecule has 6 rings (SSSR count). The second-order valence-electron chi connectivity index (χ2n) is 12.3. The zero-order valence-electron chi connectivity index (χ0n) is 27.7. The number of thioether (sulfide) groups is 2. The second-order valence-corrected chi connectivity index (χ2v) is 16.4. The van der Waals surface area contributed by atoms with E-state index in [4.69, 9.17) is 23.2 Å². The number of nitrogens with zero attached hydrogens (tertiary/aromatic N) is 4. The number of nitrogens with one attached hydrogen (secondary N) is 2. The third kappa shape index (κ3) is 7.99. The van der Waals surface area contributed by atoms with Crippen LogP contribution in [0.2, 0.25) is 10.0 Å². The van der Waals surface area contributed by atoms with Crippen LogP contribution in [0.5, 0.6) is 0 Å². The Morgan fingerprint density at radius 3 is 1.42 bits per heavy atom. The van der Waals surface area contributed by atoms with Crippen LogP contribution < -0.4 is 10.9 Å². The molecule has 3 heterocycles. The fourth-order valence-electron chi connectivity index (χ4n) is 5.77. The summed E-state index contributed by atoms with van der Waals surface area (Å²) in [5.74, 6) is -2.67. The Hall–Kier alpha value is -4.76. The van der Waals surface area contributed by atoms with Gasteiger partial charge < -0.3 is 10.2 Å². The molecule has 4 atom stereocenters. The molecule has 4 N–H and O–H groups in total. The van der Waals surface area contributed by atoms with Gasteiger partial charge >= 0.3 is 11.9 Å². The van der Waals surface area contributed by atoms with Crippen LogP contribution in [0.15, 0.2) is 84.9 Å². The van der Waals surface area contributed by atoms with Gasteiger partial charge in [-0.25, -0.2) is 10.0 Å². The number of carbonyl (C=O) groups is 4. The summed E-state index contributed by atoms with van der Waals surface area (Å²) < 4.78 is 0. The predicted molar refractivity (Wildman–Crippen MR) is 206 cm³/mol. The lowest BCUT2D eigenvalue weighted by molar-refractivity contribution is -0.140. The number of amides is 2. The number of hydrogen-bond donors (Lipinski definition) is 4. The molecular weight excluding hydrogens is 747 g/mol. The van der Waals surface area contributed by atoms with E-state index < -0.39 is 44.0 Å². The Morgan fingerprint density at radius 2 is 1.08 bits per heavy atom. The van der Waals surface area contributed by atoms with Crippen molar-refractivity contribution in [1.29, 1.82) is 0 Å². The van der Waals surface area contributed by atoms with E-state index in [1.165, 1.54) is 33.5 Å². The van der Waals surface area contributed by atoms with E-state index in [2.05, 4.69) is 21.0 Å². The van der Waals surface area contributed by atoms with Crippen LogP contribution >= 0.6 is 46.7 Å². The van der Waals surface area contributed by atoms with Gasteiger partial charge in [0.15, 0.2) is 11.6 Å². The highest BCUT2D eigenvalue weighted by Crippen LogP contribution is 2.46. The first-order valence-electron chi connectivity index (χ1n) is 15.9. The van der Waals surface area contributed by atoms with E-state index in [0.717, 1.165) is 11.1 Å². The van der Waals surface area contributed by atoms with Crippen LogP contribution in [0.3, 0.4) is 0 Å². The number of halogens is 2. The molecule has 0 aliphatic carbocycles. The van der Waals surface area contributed by atoms with Crippen LogP contribution in [0, 0.1) is 0 Å². The first-order chi connectivity index (χ1) is 24.7. The molecule has 4 unspecified atom stereocenters. The van der Waals surface area contributed by atoms with Crippen LogP contribution in [-0.4, -0.2) is 74.4 Å². The molecule has 12 nitrogen and oxygen atoms in total. The summed E-state index contributed by atoms with van der Waals surface area (Å²) in [6.45, 7) is 3.59. The highest BCUT2D eigenvalue weighted by Gasteiger charge is 2.50. The van der Waals surface area contributed by atoms with Crippen LogP contribution in [0.4, 0.5) is 11.6 Å². The van der Waals surface area contributed by atoms with Crippen molar-refractivity contribution >= 4 is 105 Å². The Balaban J connectivity index is 1.33. The summed E-state index contributed by atoms with van der Waals surface area (Å²) in [7, 11) is 0. The SMILES string of the molecule is CC1(/C=C/c2ccc(Cl)cc2)SC(CC(=O)O)C(=O)N1Nc1nnc(NN2C(=O)C(CC(=O)O)SC2(C)/C=C/c2ccc(Cl)cc2)c2ccccc12. The van der Waals surface area contributed by atoms with E-state index in [1.807, 2.05) is 48.6 Å². The molecule has 52 heavy (non-hydrogen) atoms. The number of aliphatic carboxylic acids is 2. The minimum Gasteiger partial charge on any atom is -0.481 e. The molecule has 1 aromatic heterocycles. The molecule has 0 radical (unpaired) electrons. The molecule has 3 aromatic carbocycles. The van der Waals surface area contributed by atoms with Crippen molar-refractivity contribution in [3.63, 3.8) is 0 Å². The number of benzene rings is 3. The Labute approximate surface area is 317 Å². The smallest absolute Gasteiger partial charge is 0.305 e. The van der Waals surface area contributed by atoms with E-state index >= 15 is 0 Å². The number of carbonyl (C=O) groups excluding carboxylic acids is 2. The third-order valence-electron chi connectivity index (χ3n) is 8.39. The van der Waals surface area contributed by atoms with Crippen molar-refractivity contribution in [3.8, 4) is 0 Å². The number of anilines is 2. The van der Waals surface area contributed by atoms with Gasteiger partial charge in [-0.05, 0) is 61.4 Å². The minimum atomic E-state index is -1.10. The maximum atomic E-state index is 13.7. The average Bonchev–Trinajstić information content (AvgIpc) is 3.47. The third-order valence-corrected chi connectivity index (χ3v) is 11.8. The molecule has 268 valence electrons. The lowest BCUT2D eigenvalue weighted by atomic mass is 10.1. The molecule has 2 fully saturated rings.